The van der Waals surface area contributed by atoms with Crippen molar-refractivity contribution in [3.8, 4) is 0 Å². The number of amides is 2. The van der Waals surface area contributed by atoms with E-state index in [1.807, 2.05) is 36.9 Å². The minimum absolute atomic E-state index is 0.229. The topological polar surface area (TPSA) is 40.6 Å². The number of nitrogens with zero attached hydrogens (tertiary/aromatic N) is 2. The van der Waals surface area contributed by atoms with Crippen molar-refractivity contribution in [2.24, 2.45) is 5.92 Å². The van der Waals surface area contributed by atoms with Gasteiger partial charge in [0, 0.05) is 19.2 Å². The molecule has 0 radical (unpaired) electrons. The van der Waals surface area contributed by atoms with E-state index in [1.165, 1.54) is 0 Å². The van der Waals surface area contributed by atoms with Gasteiger partial charge in [-0.3, -0.25) is 9.59 Å². The van der Waals surface area contributed by atoms with Gasteiger partial charge in [-0.1, -0.05) is 25.1 Å². The minimum Gasteiger partial charge on any atom is -0.366 e. The molecule has 2 aromatic rings. The summed E-state index contributed by atoms with van der Waals surface area (Å²) in [6, 6.07) is 8.49. The Hall–Kier alpha value is -3.02. The zero-order chi connectivity index (χ0) is 21.6. The van der Waals surface area contributed by atoms with Crippen molar-refractivity contribution in [3.05, 3.63) is 70.4 Å². The number of imide groups is 1. The number of halogens is 2. The number of aryl methyl sites for hydroxylation is 2. The molecule has 0 N–H and O–H groups in total. The molecule has 1 saturated heterocycles. The average Bonchev–Trinajstić information content (AvgIpc) is 2.95. The predicted octanol–water partition coefficient (Wildman–Crippen LogP) is 4.60. The summed E-state index contributed by atoms with van der Waals surface area (Å²) in [4.78, 5) is 29.6. The smallest absolute Gasteiger partial charge is 0.282 e. The fourth-order valence-corrected chi connectivity index (χ4v) is 4.08. The molecule has 0 atom stereocenters. The van der Waals surface area contributed by atoms with Crippen LogP contribution in [0.1, 0.15) is 36.5 Å². The lowest BCUT2D eigenvalue weighted by atomic mass is 9.96. The van der Waals surface area contributed by atoms with Gasteiger partial charge in [-0.2, -0.15) is 0 Å². The Morgan fingerprint density at radius 2 is 1.60 bits per heavy atom. The van der Waals surface area contributed by atoms with Gasteiger partial charge in [0.1, 0.15) is 17.3 Å². The first-order valence-corrected chi connectivity index (χ1v) is 10.2. The minimum atomic E-state index is -0.940. The molecule has 6 heteroatoms. The van der Waals surface area contributed by atoms with Gasteiger partial charge in [0.2, 0.25) is 0 Å². The number of piperidine rings is 1. The predicted molar refractivity (Wildman–Crippen MR) is 112 cm³/mol. The molecule has 0 aromatic heterocycles. The first-order valence-electron chi connectivity index (χ1n) is 10.2. The molecule has 2 aliphatic rings. The maximum absolute atomic E-state index is 14.5. The Bertz CT molecular complexity index is 1070. The van der Waals surface area contributed by atoms with Crippen LogP contribution in [0.15, 0.2) is 42.1 Å². The van der Waals surface area contributed by atoms with Crippen molar-refractivity contribution in [2.45, 2.75) is 33.6 Å². The van der Waals surface area contributed by atoms with Crippen LogP contribution in [0.25, 0.3) is 5.57 Å². The van der Waals surface area contributed by atoms with E-state index in [0.29, 0.717) is 36.3 Å². The Morgan fingerprint density at radius 1 is 0.900 bits per heavy atom. The lowest BCUT2D eigenvalue weighted by Crippen LogP contribution is -2.38. The van der Waals surface area contributed by atoms with Gasteiger partial charge in [0.25, 0.3) is 11.8 Å². The summed E-state index contributed by atoms with van der Waals surface area (Å²) in [6.45, 7) is 7.40. The highest BCUT2D eigenvalue weighted by Crippen LogP contribution is 2.37. The zero-order valence-corrected chi connectivity index (χ0v) is 17.3. The number of rotatable bonds is 3. The van der Waals surface area contributed by atoms with Crippen molar-refractivity contribution >= 4 is 23.1 Å². The normalized spacial score (nSPS) is 18.0. The summed E-state index contributed by atoms with van der Waals surface area (Å²) >= 11 is 0. The van der Waals surface area contributed by atoms with Crippen molar-refractivity contribution < 1.29 is 18.4 Å². The number of anilines is 1. The van der Waals surface area contributed by atoms with Crippen LogP contribution in [0.2, 0.25) is 0 Å². The molecular formula is C24H24F2N2O2. The van der Waals surface area contributed by atoms with Crippen LogP contribution >= 0.6 is 0 Å². The van der Waals surface area contributed by atoms with Crippen molar-refractivity contribution in [1.82, 2.24) is 4.90 Å². The third kappa shape index (κ3) is 3.40. The largest absolute Gasteiger partial charge is 0.366 e. The molecule has 30 heavy (non-hydrogen) atoms. The third-order valence-electron chi connectivity index (χ3n) is 6.11. The molecule has 0 bridgehead atoms. The highest BCUT2D eigenvalue weighted by Gasteiger charge is 2.43. The summed E-state index contributed by atoms with van der Waals surface area (Å²) in [5, 5.41) is 0. The number of benzene rings is 2. The van der Waals surface area contributed by atoms with Gasteiger partial charge in [-0.25, -0.2) is 13.7 Å². The Kier molecular flexibility index (Phi) is 5.18. The summed E-state index contributed by atoms with van der Waals surface area (Å²) in [7, 11) is 0. The van der Waals surface area contributed by atoms with E-state index in [2.05, 4.69) is 6.92 Å². The van der Waals surface area contributed by atoms with Gasteiger partial charge in [0.15, 0.2) is 0 Å². The highest BCUT2D eigenvalue weighted by atomic mass is 19.1. The zero-order valence-electron chi connectivity index (χ0n) is 17.3. The average molecular weight is 410 g/mol. The first-order chi connectivity index (χ1) is 14.3. The maximum Gasteiger partial charge on any atom is 0.282 e. The molecule has 2 heterocycles. The van der Waals surface area contributed by atoms with Gasteiger partial charge in [0.05, 0.1) is 11.3 Å². The van der Waals surface area contributed by atoms with E-state index in [0.717, 1.165) is 41.0 Å². The molecule has 0 aliphatic carbocycles. The fourth-order valence-electron chi connectivity index (χ4n) is 4.08. The molecule has 0 unspecified atom stereocenters. The second-order valence-corrected chi connectivity index (χ2v) is 8.23. The van der Waals surface area contributed by atoms with E-state index >= 15 is 0 Å². The Morgan fingerprint density at radius 3 is 2.23 bits per heavy atom. The number of carbonyl (C=O) groups excluding carboxylic acids is 2. The van der Waals surface area contributed by atoms with Crippen LogP contribution in [0, 0.1) is 31.4 Å². The number of hydrogen-bond donors (Lipinski definition) is 0. The molecule has 2 aromatic carbocycles. The number of hydrogen-bond acceptors (Lipinski definition) is 3. The van der Waals surface area contributed by atoms with E-state index in [4.69, 9.17) is 0 Å². The van der Waals surface area contributed by atoms with Crippen molar-refractivity contribution in [3.63, 3.8) is 0 Å². The van der Waals surface area contributed by atoms with Crippen LogP contribution in [0.3, 0.4) is 0 Å². The Labute approximate surface area is 174 Å². The molecule has 2 amide bonds. The summed E-state index contributed by atoms with van der Waals surface area (Å²) in [5.74, 6) is -2.30. The van der Waals surface area contributed by atoms with Gasteiger partial charge in [-0.15, -0.1) is 0 Å². The first kappa shape index (κ1) is 20.3. The molecule has 0 spiro atoms. The third-order valence-corrected chi connectivity index (χ3v) is 6.11. The molecular weight excluding hydrogens is 386 g/mol. The molecule has 1 fully saturated rings. The molecule has 2 aliphatic heterocycles. The van der Waals surface area contributed by atoms with E-state index < -0.39 is 23.4 Å². The second-order valence-electron chi connectivity index (χ2n) is 8.23. The van der Waals surface area contributed by atoms with Crippen LogP contribution in [-0.4, -0.2) is 29.8 Å². The monoisotopic (exact) mass is 410 g/mol. The van der Waals surface area contributed by atoms with Crippen molar-refractivity contribution in [2.75, 3.05) is 18.0 Å². The van der Waals surface area contributed by atoms with Crippen molar-refractivity contribution in [1.29, 1.82) is 0 Å². The standard InChI is InChI=1S/C24H24F2N2O2/c1-14-8-10-27(11-9-14)22-21(17-5-4-15(2)16(3)12-17)23(29)28(24(22)30)20-7-6-18(25)13-19(20)26/h4-7,12-14H,8-11H2,1-3H3. The fraction of sp³-hybridized carbons (Fsp3) is 0.333. The summed E-state index contributed by atoms with van der Waals surface area (Å²) in [5.41, 5.74) is 3.06. The lowest BCUT2D eigenvalue weighted by molar-refractivity contribution is -0.120. The maximum atomic E-state index is 14.5. The summed E-state index contributed by atoms with van der Waals surface area (Å²) in [6.07, 6.45) is 1.83. The quantitative estimate of drug-likeness (QED) is 0.695. The lowest BCUT2D eigenvalue weighted by Gasteiger charge is -2.32. The molecule has 4 rings (SSSR count). The second kappa shape index (κ2) is 7.67. The molecule has 156 valence electrons. The molecule has 4 nitrogen and oxygen atoms in total. The Balaban J connectivity index is 1.85. The number of likely N-dealkylation sites (tertiary alicyclic amines) is 1. The van der Waals surface area contributed by atoms with Crippen LogP contribution < -0.4 is 4.90 Å². The highest BCUT2D eigenvalue weighted by molar-refractivity contribution is 6.45. The van der Waals surface area contributed by atoms with E-state index in [9.17, 15) is 18.4 Å². The summed E-state index contributed by atoms with van der Waals surface area (Å²) < 4.78 is 27.9. The van der Waals surface area contributed by atoms with E-state index in [1.54, 1.807) is 0 Å². The SMILES string of the molecule is Cc1ccc(C2=C(N3CCC(C)CC3)C(=O)N(c3ccc(F)cc3F)C2=O)cc1C. The van der Waals surface area contributed by atoms with Gasteiger partial charge >= 0.3 is 0 Å². The van der Waals surface area contributed by atoms with Gasteiger partial charge < -0.3 is 4.90 Å². The van der Waals surface area contributed by atoms with Crippen LogP contribution in [0.5, 0.6) is 0 Å². The van der Waals surface area contributed by atoms with Gasteiger partial charge in [-0.05, 0) is 61.4 Å². The van der Waals surface area contributed by atoms with E-state index in [-0.39, 0.29) is 11.3 Å². The number of carbonyl (C=O) groups is 2. The van der Waals surface area contributed by atoms with Crippen LogP contribution in [0.4, 0.5) is 14.5 Å². The van der Waals surface area contributed by atoms with Crippen LogP contribution in [-0.2, 0) is 9.59 Å². The molecule has 0 saturated carbocycles.